The molecule has 2 heterocycles. The number of hydroxylamine groups is 2. The molecule has 1 amide bonds. The molecule has 13 nitrogen and oxygen atoms in total. The molecule has 4 N–H and O–H groups in total. The van der Waals surface area contributed by atoms with E-state index in [1.807, 2.05) is 0 Å². The van der Waals surface area contributed by atoms with Gasteiger partial charge in [0.1, 0.15) is 5.69 Å². The Labute approximate surface area is 170 Å². The summed E-state index contributed by atoms with van der Waals surface area (Å²) in [5.74, 6) is -3.88. The summed E-state index contributed by atoms with van der Waals surface area (Å²) >= 11 is 1.01. The number of aromatic nitrogens is 1. The van der Waals surface area contributed by atoms with Crippen molar-refractivity contribution >= 4 is 50.2 Å². The predicted octanol–water partition coefficient (Wildman–Crippen LogP) is 0.0973. The molecule has 1 saturated heterocycles. The fraction of sp³-hybridized carbons (Fsp3) is 0.500. The number of β-lactam (4-membered cyclic amide) rings is 1. The molecule has 0 aliphatic carbocycles. The van der Waals surface area contributed by atoms with Crippen molar-refractivity contribution in [3.63, 3.8) is 0 Å². The number of nitrogen functional groups attached to an aromatic ring is 1. The Morgan fingerprint density at radius 2 is 2.07 bits per heavy atom. The number of carboxylic acid groups (broad SMARTS) is 1. The highest BCUT2D eigenvalue weighted by atomic mass is 32.3. The van der Waals surface area contributed by atoms with E-state index >= 15 is 0 Å². The Morgan fingerprint density at radius 3 is 2.52 bits per heavy atom. The number of hydrogen-bond donors (Lipinski definition) is 3. The normalized spacial score (nSPS) is 18.6. The van der Waals surface area contributed by atoms with E-state index in [0.29, 0.717) is 5.06 Å². The third-order valence-electron chi connectivity index (χ3n) is 3.81. The molecule has 2 rings (SSSR count). The number of nitrogens with zero attached hydrogens (tertiary/aromatic N) is 3. The van der Waals surface area contributed by atoms with Crippen molar-refractivity contribution in [1.29, 1.82) is 0 Å². The summed E-state index contributed by atoms with van der Waals surface area (Å²) in [7, 11) is -4.92. The molecule has 15 heteroatoms. The number of rotatable bonds is 9. The van der Waals surface area contributed by atoms with E-state index in [0.717, 1.165) is 11.3 Å². The van der Waals surface area contributed by atoms with Crippen molar-refractivity contribution in [3.8, 4) is 0 Å². The lowest BCUT2D eigenvalue weighted by molar-refractivity contribution is -0.228. The number of amides is 1. The van der Waals surface area contributed by atoms with Gasteiger partial charge < -0.3 is 15.7 Å². The van der Waals surface area contributed by atoms with Crippen LogP contribution in [0.4, 0.5) is 5.13 Å². The summed E-state index contributed by atoms with van der Waals surface area (Å²) in [4.78, 5) is 43.8. The van der Waals surface area contributed by atoms with Gasteiger partial charge in [-0.3, -0.25) is 14.1 Å². The molecule has 0 saturated carbocycles. The SMILES string of the molecule is C.CC1(C)C(CC(=O)/C(=N\OCC(=O)O)c2csc(N)n2)C(=O)N1OS(=O)(=O)O. The zero-order valence-corrected chi connectivity index (χ0v) is 16.2. The van der Waals surface area contributed by atoms with Gasteiger partial charge in [-0.05, 0) is 13.8 Å². The van der Waals surface area contributed by atoms with Gasteiger partial charge in [-0.15, -0.1) is 15.6 Å². The van der Waals surface area contributed by atoms with Crippen LogP contribution in [-0.2, 0) is 33.9 Å². The second kappa shape index (κ2) is 8.81. The lowest BCUT2D eigenvalue weighted by Crippen LogP contribution is -2.68. The van der Waals surface area contributed by atoms with Crippen LogP contribution in [0.1, 0.15) is 33.4 Å². The molecule has 0 radical (unpaired) electrons. The van der Waals surface area contributed by atoms with Crippen molar-refractivity contribution in [3.05, 3.63) is 11.1 Å². The van der Waals surface area contributed by atoms with Gasteiger partial charge in [-0.1, -0.05) is 12.6 Å². The first-order chi connectivity index (χ1) is 12.8. The number of nitrogens with two attached hydrogens (primary N) is 1. The summed E-state index contributed by atoms with van der Waals surface area (Å²) in [6, 6.07) is 0. The zero-order valence-electron chi connectivity index (χ0n) is 14.6. The molecular weight excluding hydrogens is 432 g/mol. The smallest absolute Gasteiger partial charge is 0.418 e. The molecule has 0 aromatic carbocycles. The van der Waals surface area contributed by atoms with E-state index < -0.39 is 52.5 Å². The molecule has 1 fully saturated rings. The van der Waals surface area contributed by atoms with Gasteiger partial charge >= 0.3 is 16.4 Å². The Hall–Kier alpha value is -2.62. The number of anilines is 1. The number of aliphatic carboxylic acids is 1. The van der Waals surface area contributed by atoms with Crippen LogP contribution in [0.2, 0.25) is 0 Å². The van der Waals surface area contributed by atoms with Crippen molar-refractivity contribution in [2.45, 2.75) is 33.2 Å². The fourth-order valence-corrected chi connectivity index (χ4v) is 3.44. The Kier molecular flexibility index (Phi) is 7.42. The van der Waals surface area contributed by atoms with Crippen LogP contribution in [0.3, 0.4) is 0 Å². The van der Waals surface area contributed by atoms with Crippen molar-refractivity contribution in [2.24, 2.45) is 11.1 Å². The van der Waals surface area contributed by atoms with Gasteiger partial charge in [0.15, 0.2) is 16.6 Å². The van der Waals surface area contributed by atoms with Gasteiger partial charge in [0.2, 0.25) is 6.61 Å². The molecule has 1 aromatic rings. The van der Waals surface area contributed by atoms with E-state index in [-0.39, 0.29) is 24.0 Å². The summed E-state index contributed by atoms with van der Waals surface area (Å²) < 4.78 is 34.6. The van der Waals surface area contributed by atoms with Gasteiger partial charge in [0, 0.05) is 11.8 Å². The van der Waals surface area contributed by atoms with Gasteiger partial charge in [-0.2, -0.15) is 13.5 Å². The summed E-state index contributed by atoms with van der Waals surface area (Å²) in [6.07, 6.45) is -0.427. The number of carbonyl (C=O) groups excluding carboxylic acids is 2. The predicted molar refractivity (Wildman–Crippen MR) is 100 cm³/mol. The van der Waals surface area contributed by atoms with Crippen molar-refractivity contribution in [1.82, 2.24) is 10.0 Å². The Morgan fingerprint density at radius 1 is 1.45 bits per heavy atom. The van der Waals surface area contributed by atoms with Crippen LogP contribution < -0.4 is 5.73 Å². The van der Waals surface area contributed by atoms with E-state index in [4.69, 9.17) is 15.4 Å². The lowest BCUT2D eigenvalue weighted by Gasteiger charge is -2.50. The van der Waals surface area contributed by atoms with Crippen LogP contribution in [0.15, 0.2) is 10.5 Å². The molecule has 1 atom stereocenters. The number of carboxylic acids is 1. The summed E-state index contributed by atoms with van der Waals surface area (Å²) in [6.45, 7) is 2.05. The number of Topliss-reactive ketones (excluding diaryl/α,β-unsaturated/α-hetero) is 1. The number of oxime groups is 1. The Bertz CT molecular complexity index is 939. The molecule has 162 valence electrons. The average Bonchev–Trinajstić information content (AvgIpc) is 2.98. The minimum absolute atomic E-state index is 0. The number of ketones is 1. The van der Waals surface area contributed by atoms with Gasteiger partial charge in [0.25, 0.3) is 5.91 Å². The number of hydrogen-bond acceptors (Lipinski definition) is 11. The monoisotopic (exact) mass is 452 g/mol. The van der Waals surface area contributed by atoms with E-state index in [1.54, 1.807) is 0 Å². The fourth-order valence-electron chi connectivity index (χ4n) is 2.44. The van der Waals surface area contributed by atoms with Crippen LogP contribution in [-0.4, -0.2) is 63.6 Å². The van der Waals surface area contributed by atoms with Crippen molar-refractivity contribution in [2.75, 3.05) is 12.3 Å². The topological polar surface area (TPSA) is 199 Å². The van der Waals surface area contributed by atoms with Crippen LogP contribution in [0.5, 0.6) is 0 Å². The second-order valence-electron chi connectivity index (χ2n) is 6.15. The van der Waals surface area contributed by atoms with Crippen molar-refractivity contribution < 1.29 is 41.6 Å². The first-order valence-electron chi connectivity index (χ1n) is 7.50. The highest BCUT2D eigenvalue weighted by molar-refractivity contribution is 7.80. The lowest BCUT2D eigenvalue weighted by atomic mass is 9.74. The molecule has 1 unspecified atom stereocenters. The van der Waals surface area contributed by atoms with Crippen LogP contribution >= 0.6 is 11.3 Å². The molecule has 1 aliphatic rings. The first kappa shape index (κ1) is 24.4. The van der Waals surface area contributed by atoms with Gasteiger partial charge in [-0.25, -0.2) is 9.78 Å². The highest BCUT2D eigenvalue weighted by Gasteiger charge is 2.57. The average molecular weight is 452 g/mol. The van der Waals surface area contributed by atoms with E-state index in [2.05, 4.69) is 19.3 Å². The third-order valence-corrected chi connectivity index (χ3v) is 4.82. The molecule has 0 spiro atoms. The molecular formula is C14H20N4O9S2. The minimum Gasteiger partial charge on any atom is -0.479 e. The maximum absolute atomic E-state index is 12.6. The zero-order chi connectivity index (χ0) is 21.3. The standard InChI is InChI=1S/C13H16N4O9S2.CH4/c1-13(2)6(11(21)17(13)26-28(22,23)24)3-8(18)10(16-25-4-9(19)20)7-5-27-12(14)15-7;/h5-6H,3-4H2,1-2H3,(H2,14,15)(H,19,20)(H,22,23,24);1H4/b16-10-;. The number of carbonyl (C=O) groups is 3. The maximum atomic E-state index is 12.6. The van der Waals surface area contributed by atoms with Crippen LogP contribution in [0, 0.1) is 5.92 Å². The summed E-state index contributed by atoms with van der Waals surface area (Å²) in [5.41, 5.74) is 3.98. The first-order valence-corrected chi connectivity index (χ1v) is 9.75. The minimum atomic E-state index is -4.92. The number of thiazole rings is 1. The van der Waals surface area contributed by atoms with Gasteiger partial charge in [0.05, 0.1) is 11.5 Å². The molecule has 29 heavy (non-hydrogen) atoms. The third kappa shape index (κ3) is 5.69. The Balaban J connectivity index is 0.00000420. The molecule has 1 aliphatic heterocycles. The largest absolute Gasteiger partial charge is 0.479 e. The highest BCUT2D eigenvalue weighted by Crippen LogP contribution is 2.40. The molecule has 0 bridgehead atoms. The maximum Gasteiger partial charge on any atom is 0.418 e. The molecule has 1 aromatic heterocycles. The van der Waals surface area contributed by atoms with E-state index in [9.17, 15) is 22.8 Å². The van der Waals surface area contributed by atoms with Crippen LogP contribution in [0.25, 0.3) is 0 Å². The van der Waals surface area contributed by atoms with E-state index in [1.165, 1.54) is 19.2 Å². The summed E-state index contributed by atoms with van der Waals surface area (Å²) in [5, 5.41) is 14.1. The second-order valence-corrected chi connectivity index (χ2v) is 8.04. The quantitative estimate of drug-likeness (QED) is 0.199.